The van der Waals surface area contributed by atoms with Gasteiger partial charge >= 0.3 is 0 Å². The normalized spacial score (nSPS) is 15.5. The van der Waals surface area contributed by atoms with Crippen LogP contribution in [-0.2, 0) is 6.54 Å². The van der Waals surface area contributed by atoms with E-state index in [9.17, 15) is 4.39 Å². The van der Waals surface area contributed by atoms with Gasteiger partial charge in [-0.05, 0) is 62.3 Å². The average Bonchev–Trinajstić information content (AvgIpc) is 3.18. The number of piperidine rings is 1. The summed E-state index contributed by atoms with van der Waals surface area (Å²) in [6.07, 6.45) is 3.32. The third-order valence-electron chi connectivity index (χ3n) is 5.57. The van der Waals surface area contributed by atoms with Crippen molar-refractivity contribution >= 4 is 22.7 Å². The number of hydrogen-bond donors (Lipinski definition) is 2. The van der Waals surface area contributed by atoms with Gasteiger partial charge in [0.1, 0.15) is 23.3 Å². The molecule has 1 fully saturated rings. The first kappa shape index (κ1) is 18.7. The van der Waals surface area contributed by atoms with Crippen LogP contribution in [0.3, 0.4) is 0 Å². The number of fused-ring (bicyclic) bond motifs is 1. The molecule has 0 bridgehead atoms. The van der Waals surface area contributed by atoms with Crippen LogP contribution >= 0.6 is 0 Å². The van der Waals surface area contributed by atoms with Crippen LogP contribution in [0.25, 0.3) is 11.0 Å². The number of likely N-dealkylation sites (tertiary alicyclic amines) is 1. The van der Waals surface area contributed by atoms with Gasteiger partial charge in [-0.25, -0.2) is 19.3 Å². The average molecular weight is 402 g/mol. The van der Waals surface area contributed by atoms with Crippen molar-refractivity contribution in [2.75, 3.05) is 18.4 Å². The molecule has 1 saturated heterocycles. The van der Waals surface area contributed by atoms with Crippen molar-refractivity contribution in [2.24, 2.45) is 0 Å². The number of para-hydroxylation sites is 2. The monoisotopic (exact) mass is 402 g/mol. The number of anilines is 2. The molecule has 6 nitrogen and oxygen atoms in total. The first-order chi connectivity index (χ1) is 14.7. The lowest BCUT2D eigenvalue weighted by Gasteiger charge is -2.31. The van der Waals surface area contributed by atoms with Gasteiger partial charge in [0, 0.05) is 11.6 Å². The minimum absolute atomic E-state index is 0.350. The molecular formula is C23H23FN6. The third-order valence-corrected chi connectivity index (χ3v) is 5.57. The summed E-state index contributed by atoms with van der Waals surface area (Å²) in [7, 11) is 0. The van der Waals surface area contributed by atoms with E-state index >= 15 is 0 Å². The summed E-state index contributed by atoms with van der Waals surface area (Å²) < 4.78 is 13.0. The van der Waals surface area contributed by atoms with Gasteiger partial charge in [-0.15, -0.1) is 0 Å². The fourth-order valence-electron chi connectivity index (χ4n) is 4.01. The van der Waals surface area contributed by atoms with E-state index in [2.05, 4.69) is 32.3 Å². The minimum Gasteiger partial charge on any atom is -0.341 e. The number of nitrogens with zero attached hydrogens (tertiary/aromatic N) is 4. The number of aromatic amines is 1. The summed E-state index contributed by atoms with van der Waals surface area (Å²) in [5.74, 6) is 2.42. The second-order valence-corrected chi connectivity index (χ2v) is 7.69. The van der Waals surface area contributed by atoms with Crippen LogP contribution in [0.2, 0.25) is 0 Å². The van der Waals surface area contributed by atoms with E-state index in [1.807, 2.05) is 30.3 Å². The molecule has 0 amide bonds. The molecule has 4 aromatic rings. The van der Waals surface area contributed by atoms with Gasteiger partial charge in [-0.1, -0.05) is 18.2 Å². The van der Waals surface area contributed by atoms with E-state index in [1.54, 1.807) is 6.07 Å². The fourth-order valence-corrected chi connectivity index (χ4v) is 4.01. The Hall–Kier alpha value is -3.32. The van der Waals surface area contributed by atoms with Gasteiger partial charge < -0.3 is 10.3 Å². The highest BCUT2D eigenvalue weighted by Gasteiger charge is 2.22. The number of hydrogen-bond acceptors (Lipinski definition) is 5. The second-order valence-electron chi connectivity index (χ2n) is 7.69. The van der Waals surface area contributed by atoms with E-state index in [0.717, 1.165) is 60.8 Å². The van der Waals surface area contributed by atoms with Crippen LogP contribution < -0.4 is 5.32 Å². The van der Waals surface area contributed by atoms with Crippen molar-refractivity contribution in [2.45, 2.75) is 25.3 Å². The van der Waals surface area contributed by atoms with Crippen molar-refractivity contribution in [3.05, 3.63) is 78.1 Å². The summed E-state index contributed by atoms with van der Waals surface area (Å²) >= 11 is 0. The standard InChI is InChI=1S/C23H23FN6/c24-17-8-9-21(25-14-17)29-22-7-3-6-18(26-22)16-10-12-30(13-11-16)15-23-27-19-4-1-2-5-20(19)28-23/h1-9,14,16H,10-13,15H2,(H,27,28)(H,25,26,29). The molecule has 4 heterocycles. The Morgan fingerprint density at radius 2 is 1.83 bits per heavy atom. The van der Waals surface area contributed by atoms with E-state index in [0.29, 0.717) is 11.7 Å². The number of imidazole rings is 1. The zero-order chi connectivity index (χ0) is 20.3. The molecule has 1 aliphatic heterocycles. The number of pyridine rings is 2. The zero-order valence-corrected chi connectivity index (χ0v) is 16.6. The Morgan fingerprint density at radius 3 is 2.63 bits per heavy atom. The van der Waals surface area contributed by atoms with Crippen LogP contribution in [0, 0.1) is 5.82 Å². The van der Waals surface area contributed by atoms with Crippen LogP contribution in [0.1, 0.15) is 30.3 Å². The van der Waals surface area contributed by atoms with Gasteiger partial charge in [0.05, 0.1) is 23.8 Å². The van der Waals surface area contributed by atoms with Crippen molar-refractivity contribution in [1.82, 2.24) is 24.8 Å². The molecule has 1 aromatic carbocycles. The molecule has 0 unspecified atom stereocenters. The summed E-state index contributed by atoms with van der Waals surface area (Å²) in [5, 5.41) is 3.15. The second kappa shape index (κ2) is 8.20. The molecule has 7 heteroatoms. The summed E-state index contributed by atoms with van der Waals surface area (Å²) in [4.78, 5) is 19.4. The summed E-state index contributed by atoms with van der Waals surface area (Å²) in [6, 6.07) is 17.1. The first-order valence-electron chi connectivity index (χ1n) is 10.2. The molecule has 0 atom stereocenters. The van der Waals surface area contributed by atoms with Crippen molar-refractivity contribution < 1.29 is 4.39 Å². The molecule has 0 aliphatic carbocycles. The molecule has 1 aliphatic rings. The Labute approximate surface area is 174 Å². The molecule has 152 valence electrons. The predicted octanol–water partition coefficient (Wildman–Crippen LogP) is 4.62. The minimum atomic E-state index is -0.350. The summed E-state index contributed by atoms with van der Waals surface area (Å²) in [6.45, 7) is 2.87. The molecule has 0 saturated carbocycles. The molecular weight excluding hydrogens is 379 g/mol. The predicted molar refractivity (Wildman–Crippen MR) is 115 cm³/mol. The van der Waals surface area contributed by atoms with Crippen molar-refractivity contribution in [3.8, 4) is 0 Å². The quantitative estimate of drug-likeness (QED) is 0.510. The van der Waals surface area contributed by atoms with Crippen LogP contribution in [0.4, 0.5) is 16.0 Å². The number of H-pyrrole nitrogens is 1. The van der Waals surface area contributed by atoms with E-state index in [4.69, 9.17) is 9.97 Å². The lowest BCUT2D eigenvalue weighted by Crippen LogP contribution is -2.33. The van der Waals surface area contributed by atoms with E-state index < -0.39 is 0 Å². The molecule has 3 aromatic heterocycles. The topological polar surface area (TPSA) is 69.7 Å². The maximum atomic E-state index is 13.0. The van der Waals surface area contributed by atoms with Gasteiger partial charge in [-0.3, -0.25) is 4.90 Å². The zero-order valence-electron chi connectivity index (χ0n) is 16.6. The maximum Gasteiger partial charge on any atom is 0.141 e. The molecule has 5 rings (SSSR count). The van der Waals surface area contributed by atoms with Gasteiger partial charge in [0.15, 0.2) is 0 Å². The van der Waals surface area contributed by atoms with Gasteiger partial charge in [-0.2, -0.15) is 0 Å². The molecule has 2 N–H and O–H groups in total. The number of rotatable bonds is 5. The number of nitrogens with one attached hydrogen (secondary N) is 2. The number of benzene rings is 1. The maximum absolute atomic E-state index is 13.0. The largest absolute Gasteiger partial charge is 0.341 e. The Kier molecular flexibility index (Phi) is 5.11. The molecule has 0 radical (unpaired) electrons. The highest BCUT2D eigenvalue weighted by Crippen LogP contribution is 2.28. The SMILES string of the molecule is Fc1ccc(Nc2cccc(C3CCN(Cc4nc5ccccc5[nH]4)CC3)n2)nc1. The number of aromatic nitrogens is 4. The third kappa shape index (κ3) is 4.16. The van der Waals surface area contributed by atoms with Crippen molar-refractivity contribution in [1.29, 1.82) is 0 Å². The van der Waals surface area contributed by atoms with Gasteiger partial charge in [0.25, 0.3) is 0 Å². The lowest BCUT2D eigenvalue weighted by atomic mass is 9.93. The Balaban J connectivity index is 1.20. The first-order valence-corrected chi connectivity index (χ1v) is 10.2. The van der Waals surface area contributed by atoms with Crippen LogP contribution in [-0.4, -0.2) is 37.9 Å². The van der Waals surface area contributed by atoms with Crippen molar-refractivity contribution in [3.63, 3.8) is 0 Å². The molecule has 0 spiro atoms. The molecule has 30 heavy (non-hydrogen) atoms. The smallest absolute Gasteiger partial charge is 0.141 e. The van der Waals surface area contributed by atoms with E-state index in [1.165, 1.54) is 12.3 Å². The van der Waals surface area contributed by atoms with Crippen LogP contribution in [0.15, 0.2) is 60.8 Å². The number of halogens is 1. The summed E-state index contributed by atoms with van der Waals surface area (Å²) in [5.41, 5.74) is 3.20. The van der Waals surface area contributed by atoms with Gasteiger partial charge in [0.2, 0.25) is 0 Å². The fraction of sp³-hybridized carbons (Fsp3) is 0.261. The van der Waals surface area contributed by atoms with Crippen LogP contribution in [0.5, 0.6) is 0 Å². The Morgan fingerprint density at radius 1 is 0.967 bits per heavy atom. The highest BCUT2D eigenvalue weighted by atomic mass is 19.1. The lowest BCUT2D eigenvalue weighted by molar-refractivity contribution is 0.199. The highest BCUT2D eigenvalue weighted by molar-refractivity contribution is 5.74. The Bertz CT molecular complexity index is 1100. The van der Waals surface area contributed by atoms with E-state index in [-0.39, 0.29) is 5.82 Å².